The van der Waals surface area contributed by atoms with Crippen LogP contribution in [0.25, 0.3) is 0 Å². The van der Waals surface area contributed by atoms with Crippen molar-refractivity contribution in [2.24, 2.45) is 11.3 Å². The second kappa shape index (κ2) is 9.26. The summed E-state index contributed by atoms with van der Waals surface area (Å²) in [6, 6.07) is 5.81. The van der Waals surface area contributed by atoms with E-state index in [1.165, 1.54) is 17.9 Å². The Bertz CT molecular complexity index is 1200. The minimum Gasteiger partial charge on any atom is -0.342 e. The number of likely N-dealkylation sites (tertiary alicyclic amines) is 3. The molecule has 0 aliphatic carbocycles. The zero-order chi connectivity index (χ0) is 25.6. The molecule has 2 atom stereocenters. The fourth-order valence-corrected chi connectivity index (χ4v) is 6.06. The quantitative estimate of drug-likeness (QED) is 0.654. The average molecular weight is 497 g/mol. The summed E-state index contributed by atoms with van der Waals surface area (Å²) in [6.45, 7) is 3.44. The summed E-state index contributed by atoms with van der Waals surface area (Å²) >= 11 is 0. The molecule has 3 aliphatic heterocycles. The van der Waals surface area contributed by atoms with Crippen LogP contribution in [0.2, 0.25) is 0 Å². The maximum Gasteiger partial charge on any atom is 0.259 e. The summed E-state index contributed by atoms with van der Waals surface area (Å²) in [6.07, 6.45) is 5.68. The van der Waals surface area contributed by atoms with Crippen molar-refractivity contribution >= 4 is 17.7 Å². The Kier molecular flexibility index (Phi) is 6.26. The molecule has 3 amide bonds. The van der Waals surface area contributed by atoms with Crippen molar-refractivity contribution in [3.63, 3.8) is 0 Å². The number of hydrogen-bond acceptors (Lipinski definition) is 4. The van der Waals surface area contributed by atoms with Crippen LogP contribution >= 0.6 is 0 Å². The van der Waals surface area contributed by atoms with Crippen LogP contribution in [0, 0.1) is 29.9 Å². The van der Waals surface area contributed by atoms with Gasteiger partial charge in [-0.3, -0.25) is 19.4 Å². The molecule has 3 fully saturated rings. The van der Waals surface area contributed by atoms with E-state index in [0.29, 0.717) is 39.0 Å². The fourth-order valence-electron chi connectivity index (χ4n) is 6.06. The third-order valence-electron chi connectivity index (χ3n) is 8.29. The number of amides is 3. The molecule has 3 aliphatic rings. The van der Waals surface area contributed by atoms with Crippen LogP contribution in [-0.4, -0.2) is 70.6 Å². The highest BCUT2D eigenvalue weighted by atomic mass is 19.1. The smallest absolute Gasteiger partial charge is 0.259 e. The molecule has 0 bridgehead atoms. The molecule has 1 aromatic heterocycles. The number of pyridine rings is 1. The van der Waals surface area contributed by atoms with Gasteiger partial charge in [-0.05, 0) is 54.9 Å². The molecule has 9 heteroatoms. The average Bonchev–Trinajstić information content (AvgIpc) is 3.43. The van der Waals surface area contributed by atoms with Crippen molar-refractivity contribution in [3.8, 4) is 0 Å². The Morgan fingerprint density at radius 2 is 1.75 bits per heavy atom. The van der Waals surface area contributed by atoms with Gasteiger partial charge in [0.2, 0.25) is 11.8 Å². The summed E-state index contributed by atoms with van der Waals surface area (Å²) in [5, 5.41) is 0. The molecule has 1 aromatic carbocycles. The van der Waals surface area contributed by atoms with Crippen LogP contribution in [0.5, 0.6) is 0 Å². The molecule has 36 heavy (non-hydrogen) atoms. The monoisotopic (exact) mass is 496 g/mol. The maximum absolute atomic E-state index is 14.5. The van der Waals surface area contributed by atoms with E-state index in [1.54, 1.807) is 24.3 Å². The molecule has 0 saturated carbocycles. The first kappa shape index (κ1) is 24.3. The SMILES string of the molecule is Cc1ccc(F)c(C(=O)N2CCC3(CC2)CCN(C(=O)[C@@H]2CC(=O)N(C)[C@H]2c2cccnc2)C3)c1F. The molecule has 0 unspecified atom stereocenters. The lowest BCUT2D eigenvalue weighted by Crippen LogP contribution is -2.45. The first-order chi connectivity index (χ1) is 17.2. The Hall–Kier alpha value is -3.36. The number of halogens is 2. The van der Waals surface area contributed by atoms with Crippen LogP contribution in [0.1, 0.15) is 53.2 Å². The van der Waals surface area contributed by atoms with Crippen molar-refractivity contribution in [3.05, 3.63) is 65.0 Å². The van der Waals surface area contributed by atoms with Crippen molar-refractivity contribution in [2.75, 3.05) is 33.2 Å². The largest absolute Gasteiger partial charge is 0.342 e. The van der Waals surface area contributed by atoms with Gasteiger partial charge in [0.15, 0.2) is 0 Å². The third kappa shape index (κ3) is 4.14. The number of benzene rings is 1. The highest BCUT2D eigenvalue weighted by Gasteiger charge is 2.48. The van der Waals surface area contributed by atoms with E-state index in [9.17, 15) is 23.2 Å². The minimum atomic E-state index is -0.847. The van der Waals surface area contributed by atoms with Gasteiger partial charge in [0.1, 0.15) is 17.2 Å². The van der Waals surface area contributed by atoms with E-state index in [0.717, 1.165) is 18.1 Å². The van der Waals surface area contributed by atoms with E-state index in [1.807, 2.05) is 17.0 Å². The van der Waals surface area contributed by atoms with Crippen LogP contribution in [-0.2, 0) is 9.59 Å². The van der Waals surface area contributed by atoms with Gasteiger partial charge < -0.3 is 14.7 Å². The molecular formula is C27H30F2N4O3. The highest BCUT2D eigenvalue weighted by molar-refractivity contribution is 5.95. The standard InChI is InChI=1S/C27H30F2N4O3/c1-17-5-6-20(28)22(23(17)29)26(36)32-11-7-27(8-12-32)9-13-33(16-27)25(35)19-14-21(34)31(2)24(19)18-4-3-10-30-15-18/h3-6,10,15,19,24H,7-9,11-14,16H2,1-2H3/t19-,24+/m1/s1. The lowest BCUT2D eigenvalue weighted by molar-refractivity contribution is -0.136. The van der Waals surface area contributed by atoms with Gasteiger partial charge in [-0.25, -0.2) is 8.78 Å². The third-order valence-corrected chi connectivity index (χ3v) is 8.29. The number of aryl methyl sites for hydroxylation is 1. The molecule has 190 valence electrons. The van der Waals surface area contributed by atoms with Gasteiger partial charge in [-0.2, -0.15) is 0 Å². The molecule has 0 N–H and O–H groups in total. The fraction of sp³-hybridized carbons (Fsp3) is 0.481. The number of piperidine rings is 1. The van der Waals surface area contributed by atoms with Crippen molar-refractivity contribution in [1.82, 2.24) is 19.7 Å². The van der Waals surface area contributed by atoms with E-state index < -0.39 is 29.0 Å². The molecular weight excluding hydrogens is 466 g/mol. The lowest BCUT2D eigenvalue weighted by Gasteiger charge is -2.39. The second-order valence-corrected chi connectivity index (χ2v) is 10.4. The topological polar surface area (TPSA) is 73.8 Å². The molecule has 5 rings (SSSR count). The van der Waals surface area contributed by atoms with E-state index in [4.69, 9.17) is 0 Å². The number of carbonyl (C=O) groups excluding carboxylic acids is 3. The van der Waals surface area contributed by atoms with Crippen molar-refractivity contribution in [1.29, 1.82) is 0 Å². The molecule has 1 spiro atoms. The molecule has 3 saturated heterocycles. The Morgan fingerprint density at radius 3 is 2.42 bits per heavy atom. The molecule has 4 heterocycles. The maximum atomic E-state index is 14.5. The van der Waals surface area contributed by atoms with Gasteiger partial charge in [-0.15, -0.1) is 0 Å². The molecule has 2 aromatic rings. The van der Waals surface area contributed by atoms with Crippen molar-refractivity contribution in [2.45, 2.75) is 38.6 Å². The van der Waals surface area contributed by atoms with Crippen LogP contribution in [0.4, 0.5) is 8.78 Å². The Balaban J connectivity index is 1.25. The van der Waals surface area contributed by atoms with Gasteiger partial charge in [0.05, 0.1) is 12.0 Å². The van der Waals surface area contributed by atoms with Crippen molar-refractivity contribution < 1.29 is 23.2 Å². The van der Waals surface area contributed by atoms with E-state index in [2.05, 4.69) is 4.98 Å². The van der Waals surface area contributed by atoms with Gasteiger partial charge in [0.25, 0.3) is 5.91 Å². The molecule has 0 radical (unpaired) electrons. The Labute approximate surface area is 209 Å². The van der Waals surface area contributed by atoms with Crippen LogP contribution < -0.4 is 0 Å². The summed E-state index contributed by atoms with van der Waals surface area (Å²) < 4.78 is 28.8. The predicted molar refractivity (Wildman–Crippen MR) is 128 cm³/mol. The number of carbonyl (C=O) groups is 3. The lowest BCUT2D eigenvalue weighted by atomic mass is 9.77. The first-order valence-corrected chi connectivity index (χ1v) is 12.4. The second-order valence-electron chi connectivity index (χ2n) is 10.4. The van der Waals surface area contributed by atoms with Gasteiger partial charge in [0, 0.05) is 52.0 Å². The van der Waals surface area contributed by atoms with E-state index in [-0.39, 0.29) is 35.3 Å². The molecule has 7 nitrogen and oxygen atoms in total. The van der Waals surface area contributed by atoms with Gasteiger partial charge >= 0.3 is 0 Å². The number of aromatic nitrogens is 1. The number of nitrogens with zero attached hydrogens (tertiary/aromatic N) is 4. The van der Waals surface area contributed by atoms with Crippen LogP contribution in [0.3, 0.4) is 0 Å². The van der Waals surface area contributed by atoms with E-state index >= 15 is 0 Å². The zero-order valence-corrected chi connectivity index (χ0v) is 20.5. The predicted octanol–water partition coefficient (Wildman–Crippen LogP) is 3.34. The number of hydrogen-bond donors (Lipinski definition) is 0. The van der Waals surface area contributed by atoms with Gasteiger partial charge in [-0.1, -0.05) is 12.1 Å². The van der Waals surface area contributed by atoms with Crippen LogP contribution in [0.15, 0.2) is 36.7 Å². The number of rotatable bonds is 3. The summed E-state index contributed by atoms with van der Waals surface area (Å²) in [7, 11) is 1.73. The zero-order valence-electron chi connectivity index (χ0n) is 20.5. The Morgan fingerprint density at radius 1 is 1.06 bits per heavy atom. The summed E-state index contributed by atoms with van der Waals surface area (Å²) in [4.78, 5) is 48.2. The summed E-state index contributed by atoms with van der Waals surface area (Å²) in [5.41, 5.74) is 0.457. The summed E-state index contributed by atoms with van der Waals surface area (Å²) in [5.74, 6) is -2.83. The minimum absolute atomic E-state index is 0.0270. The first-order valence-electron chi connectivity index (χ1n) is 12.4. The normalized spacial score (nSPS) is 23.6. The highest BCUT2D eigenvalue weighted by Crippen LogP contribution is 2.44.